The second-order valence-electron chi connectivity index (χ2n) is 6.21. The fourth-order valence-electron chi connectivity index (χ4n) is 3.26. The Balaban J connectivity index is 2.15. The highest BCUT2D eigenvalue weighted by Crippen LogP contribution is 2.41. The molecule has 0 radical (unpaired) electrons. The number of aromatic nitrogens is 2. The minimum Gasteiger partial charge on any atom is -0.206 e. The van der Waals surface area contributed by atoms with Gasteiger partial charge in [0.05, 0.1) is 11.3 Å². The molecule has 0 amide bonds. The maximum Gasteiger partial charge on any atom is 0.134 e. The molecule has 0 aliphatic rings. The van der Waals surface area contributed by atoms with Gasteiger partial charge in [-0.25, -0.2) is 8.78 Å². The van der Waals surface area contributed by atoms with Crippen LogP contribution in [0.4, 0.5) is 8.78 Å². The van der Waals surface area contributed by atoms with Gasteiger partial charge in [0.25, 0.3) is 0 Å². The van der Waals surface area contributed by atoms with E-state index in [2.05, 4.69) is 10.2 Å². The summed E-state index contributed by atoms with van der Waals surface area (Å²) >= 11 is 0. The van der Waals surface area contributed by atoms with Gasteiger partial charge in [-0.05, 0) is 24.6 Å². The molecule has 0 saturated heterocycles. The highest BCUT2D eigenvalue weighted by atomic mass is 19.1. The van der Waals surface area contributed by atoms with Crippen molar-refractivity contribution in [3.05, 3.63) is 96.2 Å². The van der Waals surface area contributed by atoms with Crippen molar-refractivity contribution in [3.8, 4) is 33.5 Å². The van der Waals surface area contributed by atoms with E-state index >= 15 is 0 Å². The van der Waals surface area contributed by atoms with Crippen LogP contribution in [0.1, 0.15) is 5.69 Å². The van der Waals surface area contributed by atoms with Gasteiger partial charge >= 0.3 is 0 Å². The van der Waals surface area contributed by atoms with E-state index in [0.717, 1.165) is 11.1 Å². The van der Waals surface area contributed by atoms with E-state index in [0.29, 0.717) is 22.5 Å². The Morgan fingerprint density at radius 1 is 0.556 bits per heavy atom. The second-order valence-corrected chi connectivity index (χ2v) is 6.21. The molecule has 27 heavy (non-hydrogen) atoms. The van der Waals surface area contributed by atoms with Gasteiger partial charge in [-0.15, -0.1) is 5.10 Å². The molecule has 132 valence electrons. The van der Waals surface area contributed by atoms with Gasteiger partial charge in [0.15, 0.2) is 0 Å². The lowest BCUT2D eigenvalue weighted by Crippen LogP contribution is -2.03. The average molecular weight is 358 g/mol. The van der Waals surface area contributed by atoms with Crippen LogP contribution in [-0.4, -0.2) is 10.2 Å². The van der Waals surface area contributed by atoms with E-state index in [1.165, 1.54) is 18.2 Å². The van der Waals surface area contributed by atoms with Crippen LogP contribution in [0.15, 0.2) is 78.9 Å². The number of benzene rings is 3. The summed E-state index contributed by atoms with van der Waals surface area (Å²) in [6, 6.07) is 22.7. The molecule has 0 unspecified atom stereocenters. The summed E-state index contributed by atoms with van der Waals surface area (Å²) in [6.07, 6.45) is 0. The summed E-state index contributed by atoms with van der Waals surface area (Å²) in [5, 5.41) is 8.59. The standard InChI is InChI=1S/C23H16F2N2/c1-15-20(16-9-4-2-5-10-16)22(21-18(24)13-8-14-19(21)25)23(27-26-15)17-11-6-3-7-12-17/h2-14H,1H3. The van der Waals surface area contributed by atoms with Gasteiger partial charge in [-0.2, -0.15) is 5.10 Å². The van der Waals surface area contributed by atoms with Gasteiger partial charge in [0.1, 0.15) is 17.3 Å². The largest absolute Gasteiger partial charge is 0.206 e. The Hall–Kier alpha value is -3.40. The zero-order valence-corrected chi connectivity index (χ0v) is 14.7. The molecule has 0 spiro atoms. The topological polar surface area (TPSA) is 25.8 Å². The Labute approximate surface area is 156 Å². The van der Waals surface area contributed by atoms with Crippen molar-refractivity contribution in [2.45, 2.75) is 6.92 Å². The molecule has 1 heterocycles. The Bertz CT molecular complexity index is 1070. The number of rotatable bonds is 3. The maximum absolute atomic E-state index is 14.8. The lowest BCUT2D eigenvalue weighted by Gasteiger charge is -2.17. The monoisotopic (exact) mass is 358 g/mol. The average Bonchev–Trinajstić information content (AvgIpc) is 2.69. The molecule has 0 N–H and O–H groups in total. The number of aryl methyl sites for hydroxylation is 1. The first-order valence-electron chi connectivity index (χ1n) is 8.59. The molecule has 4 aromatic rings. The van der Waals surface area contributed by atoms with E-state index in [9.17, 15) is 8.78 Å². The molecule has 0 bridgehead atoms. The highest BCUT2D eigenvalue weighted by Gasteiger charge is 2.23. The number of halogens is 2. The quantitative estimate of drug-likeness (QED) is 0.444. The van der Waals surface area contributed by atoms with Crippen molar-refractivity contribution >= 4 is 0 Å². The predicted octanol–water partition coefficient (Wildman–Crippen LogP) is 6.06. The zero-order chi connectivity index (χ0) is 18.8. The predicted molar refractivity (Wildman–Crippen MR) is 103 cm³/mol. The third kappa shape index (κ3) is 3.10. The number of hydrogen-bond acceptors (Lipinski definition) is 2. The third-order valence-electron chi connectivity index (χ3n) is 4.47. The summed E-state index contributed by atoms with van der Waals surface area (Å²) in [4.78, 5) is 0. The normalized spacial score (nSPS) is 10.8. The second kappa shape index (κ2) is 7.08. The molecule has 4 rings (SSSR count). The van der Waals surface area contributed by atoms with E-state index in [1.807, 2.05) is 60.7 Å². The fraction of sp³-hybridized carbons (Fsp3) is 0.0435. The van der Waals surface area contributed by atoms with Crippen molar-refractivity contribution in [2.75, 3.05) is 0 Å². The lowest BCUT2D eigenvalue weighted by atomic mass is 9.90. The van der Waals surface area contributed by atoms with Gasteiger partial charge in [-0.1, -0.05) is 66.7 Å². The number of hydrogen-bond donors (Lipinski definition) is 0. The number of nitrogens with zero attached hydrogens (tertiary/aromatic N) is 2. The van der Waals surface area contributed by atoms with Crippen LogP contribution < -0.4 is 0 Å². The lowest BCUT2D eigenvalue weighted by molar-refractivity contribution is 0.589. The molecule has 1 aromatic heterocycles. The van der Waals surface area contributed by atoms with Crippen LogP contribution in [0.2, 0.25) is 0 Å². The summed E-state index contributed by atoms with van der Waals surface area (Å²) in [7, 11) is 0. The van der Waals surface area contributed by atoms with Gasteiger partial charge in [-0.3, -0.25) is 0 Å². The molecule has 0 saturated carbocycles. The molecule has 0 aliphatic heterocycles. The third-order valence-corrected chi connectivity index (χ3v) is 4.47. The molecular weight excluding hydrogens is 342 g/mol. The van der Waals surface area contributed by atoms with E-state index < -0.39 is 11.6 Å². The van der Waals surface area contributed by atoms with E-state index in [-0.39, 0.29) is 5.56 Å². The Morgan fingerprint density at radius 2 is 1.11 bits per heavy atom. The summed E-state index contributed by atoms with van der Waals surface area (Å²) in [5.74, 6) is -1.26. The van der Waals surface area contributed by atoms with E-state index in [1.54, 1.807) is 6.92 Å². The summed E-state index contributed by atoms with van der Waals surface area (Å²) in [5.41, 5.74) is 3.64. The summed E-state index contributed by atoms with van der Waals surface area (Å²) < 4.78 is 29.5. The molecule has 4 heteroatoms. The van der Waals surface area contributed by atoms with Crippen molar-refractivity contribution < 1.29 is 8.78 Å². The van der Waals surface area contributed by atoms with Crippen LogP contribution in [-0.2, 0) is 0 Å². The first-order valence-corrected chi connectivity index (χ1v) is 8.59. The SMILES string of the molecule is Cc1nnc(-c2ccccc2)c(-c2c(F)cccc2F)c1-c1ccccc1. The molecule has 2 nitrogen and oxygen atoms in total. The zero-order valence-electron chi connectivity index (χ0n) is 14.7. The smallest absolute Gasteiger partial charge is 0.134 e. The first kappa shape index (κ1) is 17.0. The minimum absolute atomic E-state index is 0.0896. The van der Waals surface area contributed by atoms with Crippen molar-refractivity contribution in [2.24, 2.45) is 0 Å². The van der Waals surface area contributed by atoms with Crippen LogP contribution in [0.3, 0.4) is 0 Å². The maximum atomic E-state index is 14.8. The van der Waals surface area contributed by atoms with E-state index in [4.69, 9.17) is 0 Å². The van der Waals surface area contributed by atoms with Crippen molar-refractivity contribution in [3.63, 3.8) is 0 Å². The Morgan fingerprint density at radius 3 is 1.70 bits per heavy atom. The molecule has 0 atom stereocenters. The Kier molecular flexibility index (Phi) is 4.47. The fourth-order valence-corrected chi connectivity index (χ4v) is 3.26. The molecular formula is C23H16F2N2. The van der Waals surface area contributed by atoms with Crippen molar-refractivity contribution in [1.29, 1.82) is 0 Å². The molecule has 0 aliphatic carbocycles. The van der Waals surface area contributed by atoms with Gasteiger partial charge in [0.2, 0.25) is 0 Å². The van der Waals surface area contributed by atoms with Crippen LogP contribution in [0, 0.1) is 18.6 Å². The van der Waals surface area contributed by atoms with Gasteiger partial charge in [0, 0.05) is 16.7 Å². The van der Waals surface area contributed by atoms with Crippen LogP contribution >= 0.6 is 0 Å². The highest BCUT2D eigenvalue weighted by molar-refractivity contribution is 5.93. The molecule has 3 aromatic carbocycles. The van der Waals surface area contributed by atoms with Crippen LogP contribution in [0.5, 0.6) is 0 Å². The van der Waals surface area contributed by atoms with Crippen LogP contribution in [0.25, 0.3) is 33.5 Å². The van der Waals surface area contributed by atoms with Gasteiger partial charge < -0.3 is 0 Å². The summed E-state index contributed by atoms with van der Waals surface area (Å²) in [6.45, 7) is 1.80. The van der Waals surface area contributed by atoms with Crippen molar-refractivity contribution in [1.82, 2.24) is 10.2 Å². The first-order chi connectivity index (χ1) is 13.2. The minimum atomic E-state index is -0.628. The molecule has 0 fully saturated rings.